The van der Waals surface area contributed by atoms with Gasteiger partial charge in [-0.2, -0.15) is 5.10 Å². The molecule has 3 heterocycles. The number of rotatable bonds is 2. The average molecular weight is 236 g/mol. The van der Waals surface area contributed by atoms with E-state index in [9.17, 15) is 4.79 Å². The van der Waals surface area contributed by atoms with E-state index < -0.39 is 5.91 Å². The van der Waals surface area contributed by atoms with Gasteiger partial charge in [0.2, 0.25) is 0 Å². The van der Waals surface area contributed by atoms with E-state index in [0.29, 0.717) is 18.9 Å². The van der Waals surface area contributed by atoms with E-state index >= 15 is 0 Å². The van der Waals surface area contributed by atoms with Gasteiger partial charge in [0.1, 0.15) is 0 Å². The fourth-order valence-electron chi connectivity index (χ4n) is 2.54. The van der Waals surface area contributed by atoms with Crippen LogP contribution in [0, 0.1) is 0 Å². The maximum Gasteiger partial charge on any atom is 0.269 e. The van der Waals surface area contributed by atoms with Gasteiger partial charge in [-0.05, 0) is 6.92 Å². The summed E-state index contributed by atoms with van der Waals surface area (Å²) in [6.07, 6.45) is 0.885. The highest BCUT2D eigenvalue weighted by atomic mass is 16.5. The van der Waals surface area contributed by atoms with Crippen LogP contribution in [0.15, 0.2) is 0 Å². The first-order valence-electron chi connectivity index (χ1n) is 5.90. The Morgan fingerprint density at radius 2 is 2.35 bits per heavy atom. The lowest BCUT2D eigenvalue weighted by Gasteiger charge is -2.29. The highest BCUT2D eigenvalue weighted by molar-refractivity contribution is 5.92. The second-order valence-corrected chi connectivity index (χ2v) is 4.63. The Morgan fingerprint density at radius 3 is 2.94 bits per heavy atom. The highest BCUT2D eigenvalue weighted by Gasteiger charge is 2.32. The molecule has 0 radical (unpaired) electrons. The van der Waals surface area contributed by atoms with E-state index in [1.807, 2.05) is 11.6 Å². The highest BCUT2D eigenvalue weighted by Crippen LogP contribution is 2.30. The number of nitrogens with two attached hydrogens (primary N) is 1. The molecule has 92 valence electrons. The molecule has 1 aromatic heterocycles. The zero-order valence-electron chi connectivity index (χ0n) is 9.77. The predicted molar refractivity (Wildman–Crippen MR) is 60.7 cm³/mol. The van der Waals surface area contributed by atoms with Crippen LogP contribution >= 0.6 is 0 Å². The quantitative estimate of drug-likeness (QED) is 0.742. The van der Waals surface area contributed by atoms with Gasteiger partial charge in [0.05, 0.1) is 19.3 Å². The van der Waals surface area contributed by atoms with Crippen molar-refractivity contribution in [2.75, 3.05) is 19.8 Å². The Balaban J connectivity index is 2.11. The molecule has 1 saturated heterocycles. The van der Waals surface area contributed by atoms with Crippen LogP contribution in [0.5, 0.6) is 0 Å². The molecule has 0 spiro atoms. The van der Waals surface area contributed by atoms with Crippen LogP contribution in [0.25, 0.3) is 0 Å². The molecule has 0 saturated carbocycles. The molecule has 1 amide bonds. The number of carbonyl (C=O) groups is 1. The summed E-state index contributed by atoms with van der Waals surface area (Å²) in [5.41, 5.74) is 7.91. The van der Waals surface area contributed by atoms with Crippen molar-refractivity contribution in [3.8, 4) is 0 Å². The molecule has 6 heteroatoms. The maximum absolute atomic E-state index is 11.4. The number of nitrogens with zero attached hydrogens (tertiary/aromatic N) is 2. The van der Waals surface area contributed by atoms with Crippen LogP contribution in [-0.4, -0.2) is 35.4 Å². The fourth-order valence-corrected chi connectivity index (χ4v) is 2.54. The number of aromatic nitrogens is 2. The van der Waals surface area contributed by atoms with Crippen molar-refractivity contribution in [2.45, 2.75) is 25.4 Å². The van der Waals surface area contributed by atoms with Crippen LogP contribution in [0.4, 0.5) is 0 Å². The van der Waals surface area contributed by atoms with Gasteiger partial charge < -0.3 is 15.8 Å². The molecule has 3 N–H and O–H groups in total. The standard InChI is InChI=1S/C11H16N4O2/c1-6-9-8(2-3-13-6)15(7-4-17-5-7)14-10(9)11(12)16/h6-7,13H,2-5H2,1H3,(H2,12,16). The van der Waals surface area contributed by atoms with Gasteiger partial charge in [-0.1, -0.05) is 0 Å². The monoisotopic (exact) mass is 236 g/mol. The van der Waals surface area contributed by atoms with Gasteiger partial charge in [0.15, 0.2) is 5.69 Å². The first-order chi connectivity index (χ1) is 8.18. The van der Waals surface area contributed by atoms with E-state index in [-0.39, 0.29) is 12.1 Å². The van der Waals surface area contributed by atoms with Gasteiger partial charge >= 0.3 is 0 Å². The van der Waals surface area contributed by atoms with Crippen LogP contribution in [0.3, 0.4) is 0 Å². The molecule has 2 aliphatic heterocycles. The van der Waals surface area contributed by atoms with E-state index in [1.54, 1.807) is 0 Å². The lowest BCUT2D eigenvalue weighted by atomic mass is 9.99. The minimum Gasteiger partial charge on any atom is -0.377 e. The molecule has 1 fully saturated rings. The molecular formula is C11H16N4O2. The molecular weight excluding hydrogens is 220 g/mol. The second-order valence-electron chi connectivity index (χ2n) is 4.63. The third kappa shape index (κ3) is 1.56. The van der Waals surface area contributed by atoms with Crippen molar-refractivity contribution < 1.29 is 9.53 Å². The Kier molecular flexibility index (Phi) is 2.41. The Labute approximate surface area is 99.1 Å². The van der Waals surface area contributed by atoms with Gasteiger partial charge in [-0.25, -0.2) is 0 Å². The SMILES string of the molecule is CC1NCCc2c1c(C(N)=O)nn2C1COC1. The first-order valence-corrected chi connectivity index (χ1v) is 5.90. The number of carbonyl (C=O) groups excluding carboxylic acids is 1. The van der Waals surface area contributed by atoms with E-state index in [0.717, 1.165) is 24.2 Å². The lowest BCUT2D eigenvalue weighted by molar-refractivity contribution is -0.0300. The van der Waals surface area contributed by atoms with Crippen LogP contribution < -0.4 is 11.1 Å². The number of fused-ring (bicyclic) bond motifs is 1. The summed E-state index contributed by atoms with van der Waals surface area (Å²) >= 11 is 0. The van der Waals surface area contributed by atoms with Crippen LogP contribution in [0.2, 0.25) is 0 Å². The second kappa shape index (κ2) is 3.82. The van der Waals surface area contributed by atoms with E-state index in [1.165, 1.54) is 0 Å². The Bertz CT molecular complexity index is 464. The Morgan fingerprint density at radius 1 is 1.59 bits per heavy atom. The molecule has 1 atom stereocenters. The van der Waals surface area contributed by atoms with Crippen molar-refractivity contribution in [1.82, 2.24) is 15.1 Å². The molecule has 1 unspecified atom stereocenters. The van der Waals surface area contributed by atoms with Crippen molar-refractivity contribution in [2.24, 2.45) is 5.73 Å². The third-order valence-corrected chi connectivity index (χ3v) is 3.50. The first kappa shape index (κ1) is 10.7. The summed E-state index contributed by atoms with van der Waals surface area (Å²) in [6, 6.07) is 0.401. The molecule has 0 aliphatic carbocycles. The summed E-state index contributed by atoms with van der Waals surface area (Å²) in [4.78, 5) is 11.4. The molecule has 1 aromatic rings. The van der Waals surface area contributed by atoms with Crippen molar-refractivity contribution in [3.63, 3.8) is 0 Å². The van der Waals surface area contributed by atoms with Crippen molar-refractivity contribution in [3.05, 3.63) is 17.0 Å². The minimum atomic E-state index is -0.448. The molecule has 17 heavy (non-hydrogen) atoms. The summed E-state index contributed by atoms with van der Waals surface area (Å²) in [6.45, 7) is 4.29. The van der Waals surface area contributed by atoms with Crippen LogP contribution in [-0.2, 0) is 11.2 Å². The summed E-state index contributed by atoms with van der Waals surface area (Å²) in [5.74, 6) is -0.448. The van der Waals surface area contributed by atoms with Gasteiger partial charge in [0.25, 0.3) is 5.91 Å². The van der Waals surface area contributed by atoms with E-state index in [2.05, 4.69) is 10.4 Å². The Hall–Kier alpha value is -1.40. The smallest absolute Gasteiger partial charge is 0.269 e. The molecule has 3 rings (SSSR count). The number of nitrogens with one attached hydrogen (secondary N) is 1. The maximum atomic E-state index is 11.4. The number of hydrogen-bond acceptors (Lipinski definition) is 4. The lowest BCUT2D eigenvalue weighted by Crippen LogP contribution is -2.35. The minimum absolute atomic E-state index is 0.135. The topological polar surface area (TPSA) is 82.2 Å². The molecule has 0 bridgehead atoms. The summed E-state index contributed by atoms with van der Waals surface area (Å²) in [7, 11) is 0. The van der Waals surface area contributed by atoms with E-state index in [4.69, 9.17) is 10.5 Å². The number of primary amides is 1. The summed E-state index contributed by atoms with van der Waals surface area (Å²) in [5, 5.41) is 7.72. The zero-order chi connectivity index (χ0) is 12.0. The van der Waals surface area contributed by atoms with Gasteiger partial charge in [-0.3, -0.25) is 9.48 Å². The molecule has 2 aliphatic rings. The third-order valence-electron chi connectivity index (χ3n) is 3.50. The zero-order valence-corrected chi connectivity index (χ0v) is 9.77. The normalized spacial score (nSPS) is 24.2. The van der Waals surface area contributed by atoms with Crippen LogP contribution in [0.1, 0.15) is 40.8 Å². The molecule has 0 aromatic carbocycles. The average Bonchev–Trinajstić information content (AvgIpc) is 2.57. The number of hydrogen-bond donors (Lipinski definition) is 2. The number of amides is 1. The number of ether oxygens (including phenoxy) is 1. The predicted octanol–water partition coefficient (Wildman–Crippen LogP) is -0.240. The van der Waals surface area contributed by atoms with Crippen molar-refractivity contribution >= 4 is 5.91 Å². The fraction of sp³-hybridized carbons (Fsp3) is 0.636. The largest absolute Gasteiger partial charge is 0.377 e. The molecule has 6 nitrogen and oxygen atoms in total. The summed E-state index contributed by atoms with van der Waals surface area (Å²) < 4.78 is 7.12. The van der Waals surface area contributed by atoms with Crippen molar-refractivity contribution in [1.29, 1.82) is 0 Å². The van der Waals surface area contributed by atoms with Gasteiger partial charge in [0, 0.05) is 30.3 Å². The van der Waals surface area contributed by atoms with Gasteiger partial charge in [-0.15, -0.1) is 0 Å².